The molecule has 0 saturated carbocycles. The fourth-order valence-corrected chi connectivity index (χ4v) is 3.10. The number of imide groups is 1. The Morgan fingerprint density at radius 2 is 1.40 bits per heavy atom. The smallest absolute Gasteiger partial charge is 0.281 e. The van der Waals surface area contributed by atoms with E-state index in [1.165, 1.54) is 10.9 Å². The number of rotatable bonds is 3. The summed E-state index contributed by atoms with van der Waals surface area (Å²) in [5.41, 5.74) is 1.12. The van der Waals surface area contributed by atoms with Crippen molar-refractivity contribution in [2.24, 2.45) is 0 Å². The van der Waals surface area contributed by atoms with Gasteiger partial charge in [-0.05, 0) is 36.4 Å². The quantitative estimate of drug-likeness (QED) is 0.538. The van der Waals surface area contributed by atoms with Crippen molar-refractivity contribution >= 4 is 29.2 Å². The fourth-order valence-electron chi connectivity index (χ4n) is 2.88. The topological polar surface area (TPSA) is 59.4 Å². The lowest BCUT2D eigenvalue weighted by atomic mass is 10.1. The van der Waals surface area contributed by atoms with Gasteiger partial charge < -0.3 is 0 Å². The van der Waals surface area contributed by atoms with Gasteiger partial charge in [0.1, 0.15) is 5.69 Å². The highest BCUT2D eigenvalue weighted by Crippen LogP contribution is 2.24. The predicted octanol–water partition coefficient (Wildman–Crippen LogP) is 3.30. The summed E-state index contributed by atoms with van der Waals surface area (Å²) in [4.78, 5) is 38.1. The number of ketones is 1. The maximum absolute atomic E-state index is 12.8. The Morgan fingerprint density at radius 1 is 0.800 bits per heavy atom. The van der Waals surface area contributed by atoms with E-state index < -0.39 is 11.8 Å². The van der Waals surface area contributed by atoms with Crippen molar-refractivity contribution in [2.45, 2.75) is 0 Å². The molecule has 25 heavy (non-hydrogen) atoms. The van der Waals surface area contributed by atoms with Crippen LogP contribution in [0.15, 0.2) is 66.9 Å². The molecular weight excluding hydrogens is 340 g/mol. The number of aromatic nitrogens is 1. The van der Waals surface area contributed by atoms with E-state index in [9.17, 15) is 14.4 Å². The molecule has 0 unspecified atom stereocenters. The molecule has 3 aromatic rings. The van der Waals surface area contributed by atoms with Crippen molar-refractivity contribution in [1.82, 2.24) is 4.68 Å². The minimum absolute atomic E-state index is 0.183. The standard InChI is InChI=1S/C19H11ClN2O3/c20-15-9-4-3-8-14(15)17(23)16-10-5-11-21(16)22-18(24)12-6-1-2-7-13(12)19(22)25/h1-11H. The second kappa shape index (κ2) is 5.72. The van der Waals surface area contributed by atoms with E-state index in [4.69, 9.17) is 11.6 Å². The van der Waals surface area contributed by atoms with Crippen molar-refractivity contribution < 1.29 is 14.4 Å². The summed E-state index contributed by atoms with van der Waals surface area (Å²) in [6.07, 6.45) is 1.51. The average Bonchev–Trinajstić information content (AvgIpc) is 3.19. The van der Waals surface area contributed by atoms with Crippen LogP contribution in [0.3, 0.4) is 0 Å². The van der Waals surface area contributed by atoms with E-state index in [-0.39, 0.29) is 11.5 Å². The molecule has 1 aliphatic heterocycles. The van der Waals surface area contributed by atoms with Crippen LogP contribution < -0.4 is 5.01 Å². The third-order valence-electron chi connectivity index (χ3n) is 4.07. The minimum atomic E-state index is -0.468. The molecule has 1 aromatic heterocycles. The van der Waals surface area contributed by atoms with Gasteiger partial charge in [0.15, 0.2) is 0 Å². The lowest BCUT2D eigenvalue weighted by Gasteiger charge is -2.18. The molecule has 0 aliphatic carbocycles. The normalized spacial score (nSPS) is 13.2. The molecule has 2 aromatic carbocycles. The van der Waals surface area contributed by atoms with Gasteiger partial charge in [-0.15, -0.1) is 0 Å². The number of carbonyl (C=O) groups is 3. The van der Waals surface area contributed by atoms with Gasteiger partial charge in [0.05, 0.1) is 16.1 Å². The number of nitrogens with zero attached hydrogens (tertiary/aromatic N) is 2. The van der Waals surface area contributed by atoms with E-state index in [0.29, 0.717) is 21.7 Å². The SMILES string of the molecule is O=C(c1ccccc1Cl)c1cccn1N1C(=O)c2ccccc2C1=O. The number of halogens is 1. The summed E-state index contributed by atoms with van der Waals surface area (Å²) in [5.74, 6) is -1.30. The molecule has 0 saturated heterocycles. The summed E-state index contributed by atoms with van der Waals surface area (Å²) >= 11 is 6.10. The molecule has 0 bridgehead atoms. The van der Waals surface area contributed by atoms with Gasteiger partial charge in [-0.1, -0.05) is 35.9 Å². The van der Waals surface area contributed by atoms with Crippen LogP contribution in [0.1, 0.15) is 36.8 Å². The highest BCUT2D eigenvalue weighted by Gasteiger charge is 2.38. The van der Waals surface area contributed by atoms with Gasteiger partial charge in [0.25, 0.3) is 11.8 Å². The Morgan fingerprint density at radius 3 is 2.04 bits per heavy atom. The third-order valence-corrected chi connectivity index (χ3v) is 4.40. The van der Waals surface area contributed by atoms with E-state index in [0.717, 1.165) is 5.01 Å². The largest absolute Gasteiger partial charge is 0.287 e. The van der Waals surface area contributed by atoms with E-state index >= 15 is 0 Å². The molecule has 2 heterocycles. The van der Waals surface area contributed by atoms with Crippen molar-refractivity contribution in [3.05, 3.63) is 94.3 Å². The second-order valence-electron chi connectivity index (χ2n) is 5.51. The second-order valence-corrected chi connectivity index (χ2v) is 5.92. The number of carbonyl (C=O) groups excluding carboxylic acids is 3. The first-order chi connectivity index (χ1) is 12.1. The zero-order valence-corrected chi connectivity index (χ0v) is 13.6. The highest BCUT2D eigenvalue weighted by molar-refractivity contribution is 6.35. The third kappa shape index (κ3) is 2.28. The fraction of sp³-hybridized carbons (Fsp3) is 0. The molecule has 1 aliphatic rings. The maximum Gasteiger partial charge on any atom is 0.281 e. The number of benzene rings is 2. The molecule has 4 rings (SSSR count). The Labute approximate surface area is 148 Å². The van der Waals surface area contributed by atoms with Gasteiger partial charge in [0.2, 0.25) is 5.78 Å². The minimum Gasteiger partial charge on any atom is -0.287 e. The van der Waals surface area contributed by atoms with Gasteiger partial charge in [0, 0.05) is 11.8 Å². The molecule has 0 spiro atoms. The van der Waals surface area contributed by atoms with Crippen LogP contribution in [0, 0.1) is 0 Å². The van der Waals surface area contributed by atoms with Gasteiger partial charge >= 0.3 is 0 Å². The van der Waals surface area contributed by atoms with Crippen LogP contribution >= 0.6 is 11.6 Å². The van der Waals surface area contributed by atoms with Gasteiger partial charge in [-0.3, -0.25) is 14.4 Å². The maximum atomic E-state index is 12.8. The summed E-state index contributed by atoms with van der Waals surface area (Å²) in [6.45, 7) is 0. The Hall–Kier alpha value is -3.18. The van der Waals surface area contributed by atoms with Gasteiger partial charge in [-0.2, -0.15) is 5.01 Å². The summed E-state index contributed by atoms with van der Waals surface area (Å²) in [7, 11) is 0. The van der Waals surface area contributed by atoms with E-state index in [1.54, 1.807) is 60.7 Å². The summed E-state index contributed by atoms with van der Waals surface area (Å²) in [5, 5.41) is 1.27. The summed E-state index contributed by atoms with van der Waals surface area (Å²) in [6, 6.07) is 16.4. The Bertz CT molecular complexity index is 1000. The molecule has 0 N–H and O–H groups in total. The van der Waals surface area contributed by atoms with Crippen LogP contribution in [0.5, 0.6) is 0 Å². The molecule has 0 radical (unpaired) electrons. The molecule has 0 atom stereocenters. The van der Waals surface area contributed by atoms with Crippen LogP contribution in [-0.2, 0) is 0 Å². The van der Waals surface area contributed by atoms with Crippen LogP contribution in [-0.4, -0.2) is 22.3 Å². The first-order valence-corrected chi connectivity index (χ1v) is 7.92. The number of amides is 2. The van der Waals surface area contributed by atoms with Crippen molar-refractivity contribution in [2.75, 3.05) is 5.01 Å². The molecule has 122 valence electrons. The molecule has 2 amide bonds. The van der Waals surface area contributed by atoms with Gasteiger partial charge in [-0.25, -0.2) is 4.68 Å². The number of fused-ring (bicyclic) bond motifs is 1. The first-order valence-electron chi connectivity index (χ1n) is 7.54. The van der Waals surface area contributed by atoms with Crippen molar-refractivity contribution in [3.8, 4) is 0 Å². The molecular formula is C19H11ClN2O3. The molecule has 6 heteroatoms. The highest BCUT2D eigenvalue weighted by atomic mass is 35.5. The van der Waals surface area contributed by atoms with Crippen molar-refractivity contribution in [3.63, 3.8) is 0 Å². The monoisotopic (exact) mass is 350 g/mol. The predicted molar refractivity (Wildman–Crippen MR) is 92.6 cm³/mol. The lowest BCUT2D eigenvalue weighted by Crippen LogP contribution is -2.41. The van der Waals surface area contributed by atoms with E-state index in [1.807, 2.05) is 0 Å². The number of hydrogen-bond acceptors (Lipinski definition) is 3. The zero-order chi connectivity index (χ0) is 17.6. The van der Waals surface area contributed by atoms with Crippen LogP contribution in [0.4, 0.5) is 0 Å². The van der Waals surface area contributed by atoms with Crippen LogP contribution in [0.25, 0.3) is 0 Å². The molecule has 5 nitrogen and oxygen atoms in total. The summed E-state index contributed by atoms with van der Waals surface area (Å²) < 4.78 is 1.27. The van der Waals surface area contributed by atoms with Crippen molar-refractivity contribution in [1.29, 1.82) is 0 Å². The Balaban J connectivity index is 1.79. The zero-order valence-electron chi connectivity index (χ0n) is 12.8. The van der Waals surface area contributed by atoms with Crippen LogP contribution in [0.2, 0.25) is 5.02 Å². The van der Waals surface area contributed by atoms with E-state index in [2.05, 4.69) is 0 Å². The Kier molecular flexibility index (Phi) is 3.51. The number of hydrogen-bond donors (Lipinski definition) is 0. The average molecular weight is 351 g/mol. The first kappa shape index (κ1) is 15.4. The molecule has 0 fully saturated rings. The lowest BCUT2D eigenvalue weighted by molar-refractivity contribution is 0.0884.